The van der Waals surface area contributed by atoms with E-state index in [0.717, 1.165) is 5.56 Å². The van der Waals surface area contributed by atoms with E-state index in [9.17, 15) is 4.79 Å². The number of aromatic nitrogens is 2. The number of carbonyl (C=O) groups excluding carboxylic acids is 1. The van der Waals surface area contributed by atoms with E-state index in [0.29, 0.717) is 35.0 Å². The number of thioether (sulfide) groups is 1. The predicted octanol–water partition coefficient (Wildman–Crippen LogP) is 4.02. The lowest BCUT2D eigenvalue weighted by Gasteiger charge is -2.16. The number of hydrogen-bond acceptors (Lipinski definition) is 6. The molecule has 1 heterocycles. The Kier molecular flexibility index (Phi) is 6.73. The molecule has 0 aliphatic heterocycles. The molecule has 0 bridgehead atoms. The lowest BCUT2D eigenvalue weighted by molar-refractivity contribution is -0.127. The minimum Gasteiger partial charge on any atom is -0.492 e. The summed E-state index contributed by atoms with van der Waals surface area (Å²) in [5.41, 5.74) is 0.847. The van der Waals surface area contributed by atoms with Crippen molar-refractivity contribution in [2.75, 3.05) is 26.0 Å². The van der Waals surface area contributed by atoms with Gasteiger partial charge in [0.15, 0.2) is 0 Å². The molecule has 0 saturated carbocycles. The Bertz CT molecular complexity index is 871. The Morgan fingerprint density at radius 1 is 1.15 bits per heavy atom. The monoisotopic (exact) mass is 403 g/mol. The van der Waals surface area contributed by atoms with Gasteiger partial charge in [-0.1, -0.05) is 41.6 Å². The highest BCUT2D eigenvalue weighted by molar-refractivity contribution is 7.99. The molecule has 3 rings (SSSR count). The lowest BCUT2D eigenvalue weighted by atomic mass is 10.2. The Morgan fingerprint density at radius 2 is 1.89 bits per heavy atom. The molecule has 1 aromatic heterocycles. The van der Waals surface area contributed by atoms with Crippen molar-refractivity contribution in [2.45, 2.75) is 5.22 Å². The van der Waals surface area contributed by atoms with Crippen molar-refractivity contribution in [1.82, 2.24) is 15.1 Å². The zero-order valence-electron chi connectivity index (χ0n) is 14.7. The summed E-state index contributed by atoms with van der Waals surface area (Å²) in [7, 11) is 1.73. The van der Waals surface area contributed by atoms with Gasteiger partial charge in [-0.15, -0.1) is 10.2 Å². The van der Waals surface area contributed by atoms with Crippen LogP contribution in [0.3, 0.4) is 0 Å². The molecular weight excluding hydrogens is 386 g/mol. The number of nitrogens with zero attached hydrogens (tertiary/aromatic N) is 3. The van der Waals surface area contributed by atoms with E-state index in [2.05, 4.69) is 10.2 Å². The second kappa shape index (κ2) is 9.43. The van der Waals surface area contributed by atoms with Crippen LogP contribution in [0.5, 0.6) is 5.75 Å². The zero-order chi connectivity index (χ0) is 19.1. The Labute approximate surface area is 166 Å². The van der Waals surface area contributed by atoms with Crippen molar-refractivity contribution in [3.05, 3.63) is 59.6 Å². The molecule has 6 nitrogen and oxygen atoms in total. The topological polar surface area (TPSA) is 68.5 Å². The van der Waals surface area contributed by atoms with Crippen LogP contribution in [0.25, 0.3) is 11.5 Å². The number of amides is 1. The van der Waals surface area contributed by atoms with Crippen LogP contribution in [0.1, 0.15) is 0 Å². The number of rotatable bonds is 8. The Balaban J connectivity index is 1.42. The Hall–Kier alpha value is -2.51. The fraction of sp³-hybridized carbons (Fsp3) is 0.211. The smallest absolute Gasteiger partial charge is 0.277 e. The van der Waals surface area contributed by atoms with Gasteiger partial charge in [0.1, 0.15) is 12.4 Å². The number of carbonyl (C=O) groups is 1. The number of halogens is 1. The average molecular weight is 404 g/mol. The van der Waals surface area contributed by atoms with E-state index in [1.54, 1.807) is 36.2 Å². The van der Waals surface area contributed by atoms with Gasteiger partial charge in [0, 0.05) is 17.6 Å². The molecule has 27 heavy (non-hydrogen) atoms. The molecule has 140 valence electrons. The third-order valence-electron chi connectivity index (χ3n) is 3.68. The quantitative estimate of drug-likeness (QED) is 0.529. The van der Waals surface area contributed by atoms with Gasteiger partial charge in [0.25, 0.3) is 5.22 Å². The van der Waals surface area contributed by atoms with E-state index >= 15 is 0 Å². The molecule has 0 atom stereocenters. The molecule has 0 unspecified atom stereocenters. The van der Waals surface area contributed by atoms with Crippen molar-refractivity contribution in [3.63, 3.8) is 0 Å². The zero-order valence-corrected chi connectivity index (χ0v) is 16.2. The number of hydrogen-bond donors (Lipinski definition) is 0. The Morgan fingerprint density at radius 3 is 2.63 bits per heavy atom. The van der Waals surface area contributed by atoms with E-state index in [1.807, 2.05) is 30.3 Å². The first-order chi connectivity index (χ1) is 13.1. The van der Waals surface area contributed by atoms with Crippen LogP contribution in [-0.4, -0.2) is 47.0 Å². The average Bonchev–Trinajstić information content (AvgIpc) is 3.17. The summed E-state index contributed by atoms with van der Waals surface area (Å²) in [4.78, 5) is 13.8. The van der Waals surface area contributed by atoms with E-state index < -0.39 is 0 Å². The third kappa shape index (κ3) is 5.74. The first-order valence-corrected chi connectivity index (χ1v) is 9.62. The van der Waals surface area contributed by atoms with Gasteiger partial charge < -0.3 is 14.1 Å². The van der Waals surface area contributed by atoms with Gasteiger partial charge in [-0.3, -0.25) is 4.79 Å². The highest BCUT2D eigenvalue weighted by atomic mass is 35.5. The van der Waals surface area contributed by atoms with Gasteiger partial charge >= 0.3 is 0 Å². The standard InChI is InChI=1S/C19H18ClN3O3S/c1-23(11-12-25-16-9-7-15(20)8-10-16)17(24)13-27-19-22-21-18(26-19)14-5-3-2-4-6-14/h2-10H,11-13H2,1H3. The fourth-order valence-electron chi connectivity index (χ4n) is 2.16. The van der Waals surface area contributed by atoms with E-state index in [-0.39, 0.29) is 11.7 Å². The largest absolute Gasteiger partial charge is 0.492 e. The van der Waals surface area contributed by atoms with Crippen LogP contribution in [-0.2, 0) is 4.79 Å². The van der Waals surface area contributed by atoms with E-state index in [1.165, 1.54) is 11.8 Å². The molecule has 0 spiro atoms. The normalized spacial score (nSPS) is 10.6. The molecular formula is C19H18ClN3O3S. The van der Waals surface area contributed by atoms with Gasteiger partial charge in [-0.2, -0.15) is 0 Å². The molecule has 0 saturated heterocycles. The maximum absolute atomic E-state index is 12.2. The minimum absolute atomic E-state index is 0.0424. The summed E-state index contributed by atoms with van der Waals surface area (Å²) in [6.45, 7) is 0.869. The lowest BCUT2D eigenvalue weighted by Crippen LogP contribution is -2.32. The maximum Gasteiger partial charge on any atom is 0.277 e. The van der Waals surface area contributed by atoms with Gasteiger partial charge in [-0.05, 0) is 36.4 Å². The second-order valence-corrected chi connectivity index (χ2v) is 7.01. The summed E-state index contributed by atoms with van der Waals surface area (Å²) in [5, 5.41) is 9.00. The first kappa shape index (κ1) is 19.3. The minimum atomic E-state index is -0.0424. The van der Waals surface area contributed by atoms with Crippen LogP contribution in [0.15, 0.2) is 64.2 Å². The molecule has 3 aromatic rings. The molecule has 2 aromatic carbocycles. The van der Waals surface area contributed by atoms with Crippen molar-refractivity contribution in [3.8, 4) is 17.2 Å². The van der Waals surface area contributed by atoms with Crippen LogP contribution < -0.4 is 4.74 Å². The number of ether oxygens (including phenoxy) is 1. The molecule has 0 aliphatic carbocycles. The van der Waals surface area contributed by atoms with E-state index in [4.69, 9.17) is 20.8 Å². The molecule has 0 fully saturated rings. The maximum atomic E-state index is 12.2. The van der Waals surface area contributed by atoms with Crippen molar-refractivity contribution < 1.29 is 13.9 Å². The number of benzene rings is 2. The predicted molar refractivity (Wildman–Crippen MR) is 105 cm³/mol. The van der Waals surface area contributed by atoms with Gasteiger partial charge in [0.2, 0.25) is 11.8 Å². The summed E-state index contributed by atoms with van der Waals surface area (Å²) in [6.07, 6.45) is 0. The van der Waals surface area contributed by atoms with Crippen LogP contribution >= 0.6 is 23.4 Å². The second-order valence-electron chi connectivity index (χ2n) is 5.65. The fourth-order valence-corrected chi connectivity index (χ4v) is 2.98. The molecule has 0 N–H and O–H groups in total. The van der Waals surface area contributed by atoms with Crippen molar-refractivity contribution in [1.29, 1.82) is 0 Å². The van der Waals surface area contributed by atoms with Crippen LogP contribution in [0.4, 0.5) is 0 Å². The SMILES string of the molecule is CN(CCOc1ccc(Cl)cc1)C(=O)CSc1nnc(-c2ccccc2)o1. The highest BCUT2D eigenvalue weighted by Gasteiger charge is 2.13. The molecule has 8 heteroatoms. The van der Waals surface area contributed by atoms with Crippen molar-refractivity contribution >= 4 is 29.3 Å². The van der Waals surface area contributed by atoms with Gasteiger partial charge in [-0.25, -0.2) is 0 Å². The first-order valence-electron chi connectivity index (χ1n) is 8.26. The molecule has 0 aliphatic rings. The summed E-state index contributed by atoms with van der Waals surface area (Å²) < 4.78 is 11.2. The summed E-state index contributed by atoms with van der Waals surface area (Å²) >= 11 is 7.05. The summed E-state index contributed by atoms with van der Waals surface area (Å²) in [6, 6.07) is 16.6. The third-order valence-corrected chi connectivity index (χ3v) is 4.74. The van der Waals surface area contributed by atoms with Crippen LogP contribution in [0, 0.1) is 0 Å². The van der Waals surface area contributed by atoms with Gasteiger partial charge in [0.05, 0.1) is 12.3 Å². The van der Waals surface area contributed by atoms with Crippen LogP contribution in [0.2, 0.25) is 5.02 Å². The highest BCUT2D eigenvalue weighted by Crippen LogP contribution is 2.23. The molecule has 0 radical (unpaired) electrons. The summed E-state index contributed by atoms with van der Waals surface area (Å²) in [5.74, 6) is 1.33. The number of likely N-dealkylation sites (N-methyl/N-ethyl adjacent to an activating group) is 1. The van der Waals surface area contributed by atoms with Crippen molar-refractivity contribution in [2.24, 2.45) is 0 Å². The molecule has 1 amide bonds.